The molecule has 1 fully saturated rings. The maximum atomic E-state index is 13.8. The number of aliphatic imine (C=N–C) groups is 1. The largest absolute Gasteiger partial charge is 0.486 e. The molecule has 0 amide bonds. The molecule has 170 valence electrons. The molecule has 2 aromatic rings. The summed E-state index contributed by atoms with van der Waals surface area (Å²) >= 11 is 0. The average Bonchev–Trinajstić information content (AvgIpc) is 2.78. The first-order valence-electron chi connectivity index (χ1n) is 10.4. The monoisotopic (exact) mass is 543 g/mol. The molecule has 1 aliphatic rings. The molecule has 1 unspecified atom stereocenters. The molecule has 9 heteroatoms. The summed E-state index contributed by atoms with van der Waals surface area (Å²) in [5.74, 6) is 1.52. The molecule has 7 nitrogen and oxygen atoms in total. The topological polar surface area (TPSA) is 71.0 Å². The third kappa shape index (κ3) is 7.80. The highest BCUT2D eigenvalue weighted by molar-refractivity contribution is 14.0. The third-order valence-corrected chi connectivity index (χ3v) is 4.65. The van der Waals surface area contributed by atoms with Crippen LogP contribution in [0.3, 0.4) is 0 Å². The zero-order valence-corrected chi connectivity index (χ0v) is 20.3. The van der Waals surface area contributed by atoms with Gasteiger partial charge in [0, 0.05) is 31.4 Å². The van der Waals surface area contributed by atoms with Gasteiger partial charge in [-0.1, -0.05) is 18.2 Å². The number of nitrogens with one attached hydrogen (secondary N) is 2. The van der Waals surface area contributed by atoms with Gasteiger partial charge < -0.3 is 25.0 Å². The van der Waals surface area contributed by atoms with Crippen molar-refractivity contribution in [2.75, 3.05) is 44.3 Å². The Morgan fingerprint density at radius 2 is 2.00 bits per heavy atom. The number of morpholine rings is 1. The Morgan fingerprint density at radius 3 is 2.74 bits per heavy atom. The van der Waals surface area contributed by atoms with Crippen LogP contribution in [-0.2, 0) is 11.3 Å². The molecule has 3 rings (SSSR count). The van der Waals surface area contributed by atoms with Crippen LogP contribution in [0.5, 0.6) is 5.75 Å². The lowest BCUT2D eigenvalue weighted by Crippen LogP contribution is -2.42. The Hall–Kier alpha value is -2.14. The van der Waals surface area contributed by atoms with Crippen LogP contribution in [0.4, 0.5) is 10.2 Å². The molecular formula is C22H31FIN5O2. The second-order valence-electron chi connectivity index (χ2n) is 7.02. The van der Waals surface area contributed by atoms with Crippen molar-refractivity contribution < 1.29 is 13.9 Å². The lowest BCUT2D eigenvalue weighted by atomic mass is 10.2. The first-order valence-corrected chi connectivity index (χ1v) is 10.4. The Morgan fingerprint density at radius 1 is 1.23 bits per heavy atom. The number of aromatic nitrogens is 1. The summed E-state index contributed by atoms with van der Waals surface area (Å²) in [6, 6.07) is 10.4. The Balaban J connectivity index is 0.00000341. The zero-order chi connectivity index (χ0) is 21.2. The molecule has 1 aromatic carbocycles. The molecule has 0 bridgehead atoms. The van der Waals surface area contributed by atoms with E-state index in [0.717, 1.165) is 31.0 Å². The summed E-state index contributed by atoms with van der Waals surface area (Å²) in [5, 5.41) is 6.50. The Kier molecular flexibility index (Phi) is 10.8. The highest BCUT2D eigenvalue weighted by atomic mass is 127. The van der Waals surface area contributed by atoms with E-state index in [1.54, 1.807) is 18.2 Å². The molecule has 31 heavy (non-hydrogen) atoms. The van der Waals surface area contributed by atoms with E-state index in [2.05, 4.69) is 26.6 Å². The zero-order valence-electron chi connectivity index (χ0n) is 18.0. The number of ether oxygens (including phenoxy) is 2. The number of pyridine rings is 1. The van der Waals surface area contributed by atoms with Gasteiger partial charge in [0.05, 0.1) is 26.3 Å². The van der Waals surface area contributed by atoms with Crippen LogP contribution in [0.15, 0.2) is 47.6 Å². The fraction of sp³-hybridized carbons (Fsp3) is 0.455. The fourth-order valence-electron chi connectivity index (χ4n) is 3.16. The van der Waals surface area contributed by atoms with E-state index in [4.69, 9.17) is 14.5 Å². The maximum Gasteiger partial charge on any atom is 0.191 e. The summed E-state index contributed by atoms with van der Waals surface area (Å²) in [7, 11) is 0. The van der Waals surface area contributed by atoms with E-state index in [0.29, 0.717) is 32.3 Å². The highest BCUT2D eigenvalue weighted by Crippen LogP contribution is 2.19. The minimum atomic E-state index is -0.364. The van der Waals surface area contributed by atoms with E-state index in [9.17, 15) is 4.39 Å². The molecule has 0 radical (unpaired) electrons. The van der Waals surface area contributed by atoms with Crippen LogP contribution in [-0.4, -0.2) is 56.4 Å². The molecule has 0 saturated carbocycles. The quantitative estimate of drug-likeness (QED) is 0.303. The van der Waals surface area contributed by atoms with Crippen LogP contribution >= 0.6 is 24.0 Å². The number of hydrogen-bond acceptors (Lipinski definition) is 5. The molecule has 0 aliphatic carbocycles. The predicted octanol–water partition coefficient (Wildman–Crippen LogP) is 3.20. The third-order valence-electron chi connectivity index (χ3n) is 4.65. The number of benzene rings is 1. The minimum Gasteiger partial charge on any atom is -0.486 e. The number of guanidine groups is 1. The predicted molar refractivity (Wildman–Crippen MR) is 132 cm³/mol. The maximum absolute atomic E-state index is 13.8. The fourth-order valence-corrected chi connectivity index (χ4v) is 3.16. The van der Waals surface area contributed by atoms with Crippen molar-refractivity contribution in [3.05, 3.63) is 54.0 Å². The summed E-state index contributed by atoms with van der Waals surface area (Å²) in [6.45, 7) is 8.71. The van der Waals surface area contributed by atoms with Gasteiger partial charge in [-0.05, 0) is 32.0 Å². The van der Waals surface area contributed by atoms with E-state index < -0.39 is 0 Å². The van der Waals surface area contributed by atoms with Crippen molar-refractivity contribution in [3.63, 3.8) is 0 Å². The van der Waals surface area contributed by atoms with Crippen molar-refractivity contribution in [3.8, 4) is 5.75 Å². The van der Waals surface area contributed by atoms with Crippen molar-refractivity contribution >= 4 is 35.8 Å². The van der Waals surface area contributed by atoms with Gasteiger partial charge in [0.15, 0.2) is 17.5 Å². The lowest BCUT2D eigenvalue weighted by molar-refractivity contribution is 0.122. The van der Waals surface area contributed by atoms with Crippen LogP contribution in [0.1, 0.15) is 19.4 Å². The normalized spacial score (nSPS) is 15.1. The SMILES string of the molecule is CCNC(=NCc1cccnc1N1CCOCC1)NCC(C)Oc1ccccc1F.I. The van der Waals surface area contributed by atoms with Gasteiger partial charge in [-0.3, -0.25) is 0 Å². The number of para-hydroxylation sites is 1. The van der Waals surface area contributed by atoms with E-state index in [1.807, 2.05) is 26.1 Å². The van der Waals surface area contributed by atoms with E-state index >= 15 is 0 Å². The summed E-state index contributed by atoms with van der Waals surface area (Å²) in [5.41, 5.74) is 1.06. The van der Waals surface area contributed by atoms with Gasteiger partial charge in [-0.2, -0.15) is 0 Å². The van der Waals surface area contributed by atoms with Gasteiger partial charge in [-0.25, -0.2) is 14.4 Å². The molecule has 1 aromatic heterocycles. The standard InChI is InChI=1S/C22H30FN5O2.HI/c1-3-24-22(26-15-17(2)30-20-9-5-4-8-19(20)23)27-16-18-7-6-10-25-21(18)28-11-13-29-14-12-28;/h4-10,17H,3,11-16H2,1-2H3,(H2,24,26,27);1H. The first-order chi connectivity index (χ1) is 14.7. The van der Waals surface area contributed by atoms with Gasteiger partial charge in [-0.15, -0.1) is 24.0 Å². The molecule has 2 N–H and O–H groups in total. The molecule has 1 atom stereocenters. The summed E-state index contributed by atoms with van der Waals surface area (Å²) in [4.78, 5) is 11.5. The van der Waals surface area contributed by atoms with Crippen LogP contribution in [0.25, 0.3) is 0 Å². The molecule has 2 heterocycles. The van der Waals surface area contributed by atoms with Gasteiger partial charge in [0.1, 0.15) is 11.9 Å². The van der Waals surface area contributed by atoms with Crippen LogP contribution < -0.4 is 20.3 Å². The second-order valence-corrected chi connectivity index (χ2v) is 7.02. The number of hydrogen-bond donors (Lipinski definition) is 2. The Labute approximate surface area is 200 Å². The molecular weight excluding hydrogens is 512 g/mol. The van der Waals surface area contributed by atoms with Crippen molar-refractivity contribution in [2.24, 2.45) is 4.99 Å². The average molecular weight is 543 g/mol. The smallest absolute Gasteiger partial charge is 0.191 e. The van der Waals surface area contributed by atoms with Crippen molar-refractivity contribution in [2.45, 2.75) is 26.5 Å². The van der Waals surface area contributed by atoms with Gasteiger partial charge in [0.2, 0.25) is 0 Å². The second kappa shape index (κ2) is 13.3. The number of anilines is 1. The summed E-state index contributed by atoms with van der Waals surface area (Å²) < 4.78 is 24.9. The molecule has 1 aliphatic heterocycles. The first kappa shape index (κ1) is 25.1. The summed E-state index contributed by atoms with van der Waals surface area (Å²) in [6.07, 6.45) is 1.58. The minimum absolute atomic E-state index is 0. The number of halogens is 2. The van der Waals surface area contributed by atoms with Crippen LogP contribution in [0.2, 0.25) is 0 Å². The van der Waals surface area contributed by atoms with Gasteiger partial charge >= 0.3 is 0 Å². The molecule has 1 saturated heterocycles. The Bertz CT molecular complexity index is 833. The van der Waals surface area contributed by atoms with E-state index in [-0.39, 0.29) is 41.6 Å². The van der Waals surface area contributed by atoms with Gasteiger partial charge in [0.25, 0.3) is 0 Å². The number of rotatable bonds is 8. The molecule has 0 spiro atoms. The van der Waals surface area contributed by atoms with Crippen LogP contribution in [0, 0.1) is 5.82 Å². The van der Waals surface area contributed by atoms with Crippen molar-refractivity contribution in [1.82, 2.24) is 15.6 Å². The van der Waals surface area contributed by atoms with Crippen molar-refractivity contribution in [1.29, 1.82) is 0 Å². The highest BCUT2D eigenvalue weighted by Gasteiger charge is 2.16. The van der Waals surface area contributed by atoms with E-state index in [1.165, 1.54) is 6.07 Å². The lowest BCUT2D eigenvalue weighted by Gasteiger charge is -2.29. The number of nitrogens with zero attached hydrogens (tertiary/aromatic N) is 3.